The Hall–Kier alpha value is -2.48. The predicted molar refractivity (Wildman–Crippen MR) is 106 cm³/mol. The summed E-state index contributed by atoms with van der Waals surface area (Å²) in [6, 6.07) is 9.42. The molecule has 2 aromatic heterocycles. The number of benzene rings is 1. The van der Waals surface area contributed by atoms with E-state index in [1.165, 1.54) is 6.39 Å². The van der Waals surface area contributed by atoms with E-state index in [0.29, 0.717) is 30.8 Å². The van der Waals surface area contributed by atoms with Crippen LogP contribution in [0.5, 0.6) is 0 Å². The number of oxazole rings is 1. The van der Waals surface area contributed by atoms with E-state index < -0.39 is 5.97 Å². The Morgan fingerprint density at radius 2 is 2.11 bits per heavy atom. The average Bonchev–Trinajstić information content (AvgIpc) is 3.33. The van der Waals surface area contributed by atoms with E-state index in [1.807, 2.05) is 30.5 Å². The van der Waals surface area contributed by atoms with Gasteiger partial charge in [0.15, 0.2) is 6.39 Å². The first-order valence-corrected chi connectivity index (χ1v) is 9.90. The maximum atomic E-state index is 11.4. The highest BCUT2D eigenvalue weighted by molar-refractivity contribution is 7.10. The van der Waals surface area contributed by atoms with E-state index in [-0.39, 0.29) is 12.7 Å². The van der Waals surface area contributed by atoms with E-state index in [0.717, 1.165) is 21.9 Å². The highest BCUT2D eigenvalue weighted by Gasteiger charge is 2.21. The van der Waals surface area contributed by atoms with Gasteiger partial charge in [-0.25, -0.2) is 9.78 Å². The van der Waals surface area contributed by atoms with E-state index in [1.54, 1.807) is 30.4 Å². The van der Waals surface area contributed by atoms with Crippen LogP contribution in [0, 0.1) is 13.8 Å². The maximum absolute atomic E-state index is 11.4. The number of nitrogens with zero attached hydrogens (tertiary/aromatic N) is 1. The normalized spacial score (nSPS) is 12.2. The van der Waals surface area contributed by atoms with E-state index in [9.17, 15) is 9.90 Å². The topological polar surface area (TPSA) is 81.8 Å². The smallest absolute Gasteiger partial charge is 0.336 e. The third-order valence-electron chi connectivity index (χ3n) is 4.38. The molecule has 148 valence electrons. The Balaban J connectivity index is 1.50. The maximum Gasteiger partial charge on any atom is 0.336 e. The third kappa shape index (κ3) is 4.86. The number of carboxylic acid groups (broad SMARTS) is 1. The first-order chi connectivity index (χ1) is 13.6. The number of rotatable bonds is 10. The van der Waals surface area contributed by atoms with Gasteiger partial charge >= 0.3 is 5.97 Å². The molecule has 0 aliphatic rings. The van der Waals surface area contributed by atoms with Gasteiger partial charge in [-0.2, -0.15) is 0 Å². The molecular formula is C21H23NO5S. The molecule has 0 aliphatic heterocycles. The van der Waals surface area contributed by atoms with Gasteiger partial charge < -0.3 is 19.0 Å². The van der Waals surface area contributed by atoms with Crippen molar-refractivity contribution >= 4 is 17.3 Å². The molecule has 0 saturated carbocycles. The van der Waals surface area contributed by atoms with Crippen LogP contribution < -0.4 is 0 Å². The van der Waals surface area contributed by atoms with Crippen LogP contribution >= 0.6 is 11.3 Å². The summed E-state index contributed by atoms with van der Waals surface area (Å²) in [6.07, 6.45) is 1.86. The van der Waals surface area contributed by atoms with Crippen molar-refractivity contribution in [3.05, 3.63) is 75.1 Å². The van der Waals surface area contributed by atoms with Crippen LogP contribution in [0.1, 0.15) is 50.3 Å². The van der Waals surface area contributed by atoms with Crippen LogP contribution in [0.2, 0.25) is 0 Å². The molecule has 0 radical (unpaired) electrons. The second-order valence-corrected chi connectivity index (χ2v) is 7.36. The van der Waals surface area contributed by atoms with Gasteiger partial charge in [-0.1, -0.05) is 24.3 Å². The minimum absolute atomic E-state index is 0.255. The summed E-state index contributed by atoms with van der Waals surface area (Å²) in [5.74, 6) is -0.183. The zero-order chi connectivity index (χ0) is 19.9. The van der Waals surface area contributed by atoms with Crippen LogP contribution in [-0.4, -0.2) is 29.3 Å². The highest BCUT2D eigenvalue weighted by atomic mass is 32.1. The zero-order valence-electron chi connectivity index (χ0n) is 15.9. The minimum Gasteiger partial charge on any atom is -0.478 e. The summed E-state index contributed by atoms with van der Waals surface area (Å²) in [6.45, 7) is 4.89. The molecular weight excluding hydrogens is 378 g/mol. The van der Waals surface area contributed by atoms with E-state index in [2.05, 4.69) is 4.98 Å². The summed E-state index contributed by atoms with van der Waals surface area (Å²) < 4.78 is 17.1. The van der Waals surface area contributed by atoms with Crippen molar-refractivity contribution in [2.24, 2.45) is 0 Å². The minimum atomic E-state index is -0.929. The lowest BCUT2D eigenvalue weighted by atomic mass is 10.0. The number of aryl methyl sites for hydroxylation is 2. The van der Waals surface area contributed by atoms with Crippen LogP contribution in [0.25, 0.3) is 0 Å². The van der Waals surface area contributed by atoms with Crippen LogP contribution in [-0.2, 0) is 16.1 Å². The number of thiophene rings is 1. The molecule has 1 N–H and O–H groups in total. The Kier molecular flexibility index (Phi) is 6.97. The van der Waals surface area contributed by atoms with Crippen molar-refractivity contribution in [2.45, 2.75) is 33.0 Å². The third-order valence-corrected chi connectivity index (χ3v) is 5.30. The Bertz CT molecular complexity index is 903. The van der Waals surface area contributed by atoms with Gasteiger partial charge in [-0.15, -0.1) is 11.3 Å². The predicted octanol–water partition coefficient (Wildman–Crippen LogP) is 4.76. The summed E-state index contributed by atoms with van der Waals surface area (Å²) >= 11 is 1.62. The number of carbonyl (C=O) groups is 1. The summed E-state index contributed by atoms with van der Waals surface area (Å²) in [5.41, 5.74) is 2.52. The summed E-state index contributed by atoms with van der Waals surface area (Å²) in [5, 5.41) is 11.4. The first-order valence-electron chi connectivity index (χ1n) is 9.02. The van der Waals surface area contributed by atoms with Crippen molar-refractivity contribution in [2.75, 3.05) is 13.2 Å². The molecule has 2 heterocycles. The monoisotopic (exact) mass is 401 g/mol. The Labute approximate surface area is 167 Å². The first kappa shape index (κ1) is 20.3. The van der Waals surface area contributed by atoms with E-state index in [4.69, 9.17) is 13.9 Å². The second-order valence-electron chi connectivity index (χ2n) is 6.38. The number of aromatic nitrogens is 1. The van der Waals surface area contributed by atoms with Gasteiger partial charge in [0.2, 0.25) is 0 Å². The number of ether oxygens (including phenoxy) is 2. The molecule has 0 spiro atoms. The van der Waals surface area contributed by atoms with Gasteiger partial charge in [0, 0.05) is 11.5 Å². The fourth-order valence-corrected chi connectivity index (χ4v) is 3.78. The van der Waals surface area contributed by atoms with Crippen molar-refractivity contribution in [1.82, 2.24) is 4.98 Å². The molecule has 28 heavy (non-hydrogen) atoms. The molecule has 0 aliphatic carbocycles. The molecule has 0 fully saturated rings. The Morgan fingerprint density at radius 1 is 1.25 bits per heavy atom. The Morgan fingerprint density at radius 3 is 2.79 bits per heavy atom. The van der Waals surface area contributed by atoms with Gasteiger partial charge in [0.05, 0.1) is 18.8 Å². The molecule has 1 unspecified atom stereocenters. The molecule has 0 bridgehead atoms. The molecule has 1 atom stereocenters. The standard InChI is InChI=1S/C21H23NO5S/c1-14-6-3-7-16(18(14)21(23)24)12-25-9-5-10-26-20(17-8-4-11-28-17)19-15(2)27-13-22-19/h3-4,6-8,11,13,20H,5,9-10,12H2,1-2H3,(H,23,24). The number of aromatic carboxylic acids is 1. The van der Waals surface area contributed by atoms with Crippen LogP contribution in [0.3, 0.4) is 0 Å². The molecule has 1 aromatic carbocycles. The van der Waals surface area contributed by atoms with Gasteiger partial charge in [-0.05, 0) is 42.8 Å². The molecule has 0 amide bonds. The van der Waals surface area contributed by atoms with Crippen molar-refractivity contribution < 1.29 is 23.8 Å². The number of carboxylic acids is 1. The lowest BCUT2D eigenvalue weighted by molar-refractivity contribution is 0.0467. The second kappa shape index (κ2) is 9.64. The van der Waals surface area contributed by atoms with Gasteiger partial charge in [0.1, 0.15) is 17.6 Å². The van der Waals surface area contributed by atoms with Crippen molar-refractivity contribution in [3.8, 4) is 0 Å². The van der Waals surface area contributed by atoms with Crippen LogP contribution in [0.4, 0.5) is 0 Å². The fourth-order valence-electron chi connectivity index (χ4n) is 3.00. The molecule has 0 saturated heterocycles. The van der Waals surface area contributed by atoms with Crippen molar-refractivity contribution in [3.63, 3.8) is 0 Å². The number of hydrogen-bond donors (Lipinski definition) is 1. The molecule has 3 aromatic rings. The average molecular weight is 401 g/mol. The fraction of sp³-hybridized carbons (Fsp3) is 0.333. The highest BCUT2D eigenvalue weighted by Crippen LogP contribution is 2.30. The molecule has 3 rings (SSSR count). The number of hydrogen-bond acceptors (Lipinski definition) is 6. The largest absolute Gasteiger partial charge is 0.478 e. The molecule has 6 nitrogen and oxygen atoms in total. The van der Waals surface area contributed by atoms with Crippen molar-refractivity contribution in [1.29, 1.82) is 0 Å². The SMILES string of the molecule is Cc1cccc(COCCCOC(c2cccs2)c2ncoc2C)c1C(=O)O. The summed E-state index contributed by atoms with van der Waals surface area (Å²) in [7, 11) is 0. The van der Waals surface area contributed by atoms with Gasteiger partial charge in [-0.3, -0.25) is 0 Å². The lowest BCUT2D eigenvalue weighted by Crippen LogP contribution is -2.10. The van der Waals surface area contributed by atoms with Gasteiger partial charge in [0.25, 0.3) is 0 Å². The van der Waals surface area contributed by atoms with E-state index >= 15 is 0 Å². The quantitative estimate of drug-likeness (QED) is 0.493. The lowest BCUT2D eigenvalue weighted by Gasteiger charge is -2.15. The summed E-state index contributed by atoms with van der Waals surface area (Å²) in [4.78, 5) is 16.8. The zero-order valence-corrected chi connectivity index (χ0v) is 16.7. The van der Waals surface area contributed by atoms with Crippen LogP contribution in [0.15, 0.2) is 46.5 Å². The molecule has 7 heteroatoms.